The summed E-state index contributed by atoms with van der Waals surface area (Å²) in [6.07, 6.45) is 4.14. The molecule has 0 saturated heterocycles. The van der Waals surface area contributed by atoms with Gasteiger partial charge in [-0.3, -0.25) is 4.79 Å². The first-order valence-corrected chi connectivity index (χ1v) is 7.77. The van der Waals surface area contributed by atoms with Crippen molar-refractivity contribution in [2.75, 3.05) is 11.9 Å². The van der Waals surface area contributed by atoms with Gasteiger partial charge in [-0.05, 0) is 43.9 Å². The Hall–Kier alpha value is -1.51. The minimum absolute atomic E-state index is 0.0314. The van der Waals surface area contributed by atoms with E-state index in [1.807, 2.05) is 25.1 Å². The monoisotopic (exact) mass is 276 g/mol. The molecule has 0 fully saturated rings. The molecule has 0 radical (unpaired) electrons. The number of anilines is 1. The standard InChI is InChI=1S/C17H28N2O/c1-5-8-14(7-3)19-17(20)15-10-9-13(4)12-16(15)18-11-6-2/h9-10,12,14,18H,5-8,11H2,1-4H3,(H,19,20). The van der Waals surface area contributed by atoms with Gasteiger partial charge in [0.2, 0.25) is 0 Å². The van der Waals surface area contributed by atoms with Crippen LogP contribution in [0.4, 0.5) is 5.69 Å². The molecule has 0 spiro atoms. The van der Waals surface area contributed by atoms with Crippen molar-refractivity contribution in [1.29, 1.82) is 0 Å². The zero-order valence-electron chi connectivity index (χ0n) is 13.3. The van der Waals surface area contributed by atoms with Gasteiger partial charge in [0.15, 0.2) is 0 Å². The van der Waals surface area contributed by atoms with Gasteiger partial charge in [0.25, 0.3) is 5.91 Å². The molecule has 0 saturated carbocycles. The molecule has 0 aliphatic rings. The molecule has 1 rings (SSSR count). The molecule has 1 atom stereocenters. The first kappa shape index (κ1) is 16.5. The van der Waals surface area contributed by atoms with Crippen molar-refractivity contribution in [1.82, 2.24) is 5.32 Å². The lowest BCUT2D eigenvalue weighted by Crippen LogP contribution is -2.34. The maximum absolute atomic E-state index is 12.4. The highest BCUT2D eigenvalue weighted by atomic mass is 16.1. The van der Waals surface area contributed by atoms with E-state index in [2.05, 4.69) is 31.4 Å². The maximum Gasteiger partial charge on any atom is 0.253 e. The number of carbonyl (C=O) groups is 1. The lowest BCUT2D eigenvalue weighted by molar-refractivity contribution is 0.0934. The van der Waals surface area contributed by atoms with Gasteiger partial charge in [0.1, 0.15) is 0 Å². The summed E-state index contributed by atoms with van der Waals surface area (Å²) in [5.74, 6) is 0.0314. The highest BCUT2D eigenvalue weighted by molar-refractivity contribution is 5.99. The fraction of sp³-hybridized carbons (Fsp3) is 0.588. The van der Waals surface area contributed by atoms with E-state index in [1.54, 1.807) is 0 Å². The van der Waals surface area contributed by atoms with Gasteiger partial charge >= 0.3 is 0 Å². The predicted molar refractivity (Wildman–Crippen MR) is 86.4 cm³/mol. The summed E-state index contributed by atoms with van der Waals surface area (Å²) in [7, 11) is 0. The summed E-state index contributed by atoms with van der Waals surface area (Å²) in [4.78, 5) is 12.4. The smallest absolute Gasteiger partial charge is 0.253 e. The molecule has 0 aliphatic heterocycles. The Balaban J connectivity index is 2.85. The van der Waals surface area contributed by atoms with Crippen molar-refractivity contribution >= 4 is 11.6 Å². The lowest BCUT2D eigenvalue weighted by atomic mass is 10.1. The number of amides is 1. The number of hydrogen-bond acceptors (Lipinski definition) is 2. The molecule has 1 aromatic rings. The van der Waals surface area contributed by atoms with Crippen LogP contribution in [-0.2, 0) is 0 Å². The van der Waals surface area contributed by atoms with Crippen LogP contribution in [0.15, 0.2) is 18.2 Å². The Bertz CT molecular complexity index is 429. The third-order valence-electron chi connectivity index (χ3n) is 3.45. The van der Waals surface area contributed by atoms with Crippen LogP contribution in [0, 0.1) is 6.92 Å². The summed E-state index contributed by atoms with van der Waals surface area (Å²) in [6.45, 7) is 9.32. The largest absolute Gasteiger partial charge is 0.384 e. The van der Waals surface area contributed by atoms with Gasteiger partial charge in [0.05, 0.1) is 5.56 Å². The van der Waals surface area contributed by atoms with Crippen LogP contribution in [0.1, 0.15) is 62.4 Å². The van der Waals surface area contributed by atoms with E-state index in [9.17, 15) is 4.79 Å². The molecule has 2 N–H and O–H groups in total. The molecular weight excluding hydrogens is 248 g/mol. The van der Waals surface area contributed by atoms with Crippen LogP contribution in [0.5, 0.6) is 0 Å². The fourth-order valence-electron chi connectivity index (χ4n) is 2.25. The van der Waals surface area contributed by atoms with Crippen molar-refractivity contribution in [3.05, 3.63) is 29.3 Å². The molecular formula is C17H28N2O. The number of aryl methyl sites for hydroxylation is 1. The van der Waals surface area contributed by atoms with E-state index in [4.69, 9.17) is 0 Å². The molecule has 3 heteroatoms. The van der Waals surface area contributed by atoms with Crippen molar-refractivity contribution in [3.8, 4) is 0 Å². The summed E-state index contributed by atoms with van der Waals surface area (Å²) in [5.41, 5.74) is 2.86. The van der Waals surface area contributed by atoms with Gasteiger partial charge in [-0.1, -0.05) is 33.3 Å². The first-order chi connectivity index (χ1) is 9.62. The topological polar surface area (TPSA) is 41.1 Å². The zero-order valence-corrected chi connectivity index (χ0v) is 13.3. The molecule has 0 bridgehead atoms. The van der Waals surface area contributed by atoms with E-state index in [0.717, 1.165) is 43.5 Å². The summed E-state index contributed by atoms with van der Waals surface area (Å²) < 4.78 is 0. The van der Waals surface area contributed by atoms with Gasteiger partial charge in [-0.2, -0.15) is 0 Å². The first-order valence-electron chi connectivity index (χ1n) is 7.77. The average Bonchev–Trinajstić information content (AvgIpc) is 2.44. The Morgan fingerprint density at radius 1 is 1.20 bits per heavy atom. The molecule has 1 aromatic carbocycles. The molecule has 1 unspecified atom stereocenters. The Kier molecular flexibility index (Phi) is 7.13. The van der Waals surface area contributed by atoms with Crippen LogP contribution in [-0.4, -0.2) is 18.5 Å². The number of nitrogens with one attached hydrogen (secondary N) is 2. The van der Waals surface area contributed by atoms with E-state index in [-0.39, 0.29) is 11.9 Å². The van der Waals surface area contributed by atoms with Crippen molar-refractivity contribution in [3.63, 3.8) is 0 Å². The Morgan fingerprint density at radius 2 is 1.95 bits per heavy atom. The van der Waals surface area contributed by atoms with Gasteiger partial charge in [-0.25, -0.2) is 0 Å². The summed E-state index contributed by atoms with van der Waals surface area (Å²) in [6, 6.07) is 6.23. The van der Waals surface area contributed by atoms with Crippen LogP contribution in [0.3, 0.4) is 0 Å². The number of rotatable bonds is 8. The van der Waals surface area contributed by atoms with E-state index in [0.29, 0.717) is 0 Å². The van der Waals surface area contributed by atoms with Gasteiger partial charge < -0.3 is 10.6 Å². The van der Waals surface area contributed by atoms with Crippen LogP contribution in [0.25, 0.3) is 0 Å². The van der Waals surface area contributed by atoms with Crippen molar-refractivity contribution < 1.29 is 4.79 Å². The van der Waals surface area contributed by atoms with Gasteiger partial charge in [-0.15, -0.1) is 0 Å². The Morgan fingerprint density at radius 3 is 2.55 bits per heavy atom. The maximum atomic E-state index is 12.4. The minimum atomic E-state index is 0.0314. The van der Waals surface area contributed by atoms with E-state index >= 15 is 0 Å². The summed E-state index contributed by atoms with van der Waals surface area (Å²) >= 11 is 0. The average molecular weight is 276 g/mol. The van der Waals surface area contributed by atoms with Crippen LogP contribution in [0.2, 0.25) is 0 Å². The third-order valence-corrected chi connectivity index (χ3v) is 3.45. The molecule has 0 aromatic heterocycles. The minimum Gasteiger partial charge on any atom is -0.384 e. The molecule has 0 aliphatic carbocycles. The Labute approximate surface area is 123 Å². The number of benzene rings is 1. The second-order valence-corrected chi connectivity index (χ2v) is 5.34. The van der Waals surface area contributed by atoms with Crippen molar-refractivity contribution in [2.45, 2.75) is 59.4 Å². The second kappa shape index (κ2) is 8.62. The molecule has 20 heavy (non-hydrogen) atoms. The normalized spacial score (nSPS) is 12.0. The van der Waals surface area contributed by atoms with Crippen LogP contribution < -0.4 is 10.6 Å². The molecule has 1 amide bonds. The number of carbonyl (C=O) groups excluding carboxylic acids is 1. The highest BCUT2D eigenvalue weighted by Gasteiger charge is 2.14. The number of hydrogen-bond donors (Lipinski definition) is 2. The highest BCUT2D eigenvalue weighted by Crippen LogP contribution is 2.18. The predicted octanol–water partition coefficient (Wildman–Crippen LogP) is 4.13. The fourth-order valence-corrected chi connectivity index (χ4v) is 2.25. The third kappa shape index (κ3) is 4.87. The molecule has 0 heterocycles. The second-order valence-electron chi connectivity index (χ2n) is 5.34. The van der Waals surface area contributed by atoms with Crippen molar-refractivity contribution in [2.24, 2.45) is 0 Å². The quantitative estimate of drug-likeness (QED) is 0.749. The van der Waals surface area contributed by atoms with Gasteiger partial charge in [0, 0.05) is 18.3 Å². The van der Waals surface area contributed by atoms with E-state index in [1.165, 1.54) is 5.56 Å². The SMILES string of the molecule is CCCNc1cc(C)ccc1C(=O)NC(CC)CCC. The molecule has 112 valence electrons. The zero-order chi connectivity index (χ0) is 15.0. The van der Waals surface area contributed by atoms with Crippen LogP contribution >= 0.6 is 0 Å². The lowest BCUT2D eigenvalue weighted by Gasteiger charge is -2.18. The molecule has 3 nitrogen and oxygen atoms in total. The van der Waals surface area contributed by atoms with E-state index < -0.39 is 0 Å². The summed E-state index contributed by atoms with van der Waals surface area (Å²) in [5, 5.41) is 6.49.